The van der Waals surface area contributed by atoms with E-state index in [4.69, 9.17) is 9.47 Å². The molecule has 4 nitrogen and oxygen atoms in total. The summed E-state index contributed by atoms with van der Waals surface area (Å²) >= 11 is 0. The van der Waals surface area contributed by atoms with Crippen molar-refractivity contribution in [2.75, 3.05) is 18.5 Å². The van der Waals surface area contributed by atoms with Crippen LogP contribution in [0.1, 0.15) is 17.2 Å². The molecule has 2 aliphatic rings. The van der Waals surface area contributed by atoms with Gasteiger partial charge in [0.05, 0.1) is 12.6 Å². The fourth-order valence-corrected chi connectivity index (χ4v) is 2.80. The molecule has 2 aromatic rings. The van der Waals surface area contributed by atoms with Gasteiger partial charge in [-0.15, -0.1) is 0 Å². The number of fused-ring (bicyclic) bond motifs is 2. The maximum absolute atomic E-state index is 9.46. The van der Waals surface area contributed by atoms with Crippen molar-refractivity contribution in [3.05, 3.63) is 47.5 Å². The second kappa shape index (κ2) is 4.34. The average molecular weight is 269 g/mol. The first kappa shape index (κ1) is 11.5. The van der Waals surface area contributed by atoms with E-state index in [0.29, 0.717) is 6.61 Å². The Labute approximate surface area is 117 Å². The molecule has 0 radical (unpaired) electrons. The monoisotopic (exact) mass is 269 g/mol. The van der Waals surface area contributed by atoms with Crippen LogP contribution >= 0.6 is 0 Å². The van der Waals surface area contributed by atoms with Gasteiger partial charge in [0.25, 0.3) is 0 Å². The van der Waals surface area contributed by atoms with Gasteiger partial charge in [0, 0.05) is 23.7 Å². The number of benzene rings is 2. The Bertz CT molecular complexity index is 669. The minimum Gasteiger partial charge on any atom is -0.508 e. The van der Waals surface area contributed by atoms with Gasteiger partial charge in [0.1, 0.15) is 23.9 Å². The van der Waals surface area contributed by atoms with E-state index in [9.17, 15) is 5.11 Å². The normalized spacial score (nSPS) is 18.9. The second-order valence-electron chi connectivity index (χ2n) is 5.15. The molecule has 4 rings (SSSR count). The molecule has 0 fully saturated rings. The molecule has 102 valence electrons. The molecule has 0 spiro atoms. The molecule has 0 bridgehead atoms. The highest BCUT2D eigenvalue weighted by molar-refractivity contribution is 5.55. The number of phenols is 1. The first-order chi connectivity index (χ1) is 9.79. The van der Waals surface area contributed by atoms with E-state index in [1.807, 2.05) is 18.2 Å². The van der Waals surface area contributed by atoms with Gasteiger partial charge < -0.3 is 19.9 Å². The summed E-state index contributed by atoms with van der Waals surface area (Å²) in [7, 11) is 0. The molecule has 1 atom stereocenters. The zero-order valence-electron chi connectivity index (χ0n) is 10.9. The SMILES string of the molecule is Oc1ccc2c(c1)OCC2Nc1ccc2c(c1)CCO2. The molecule has 0 aliphatic carbocycles. The van der Waals surface area contributed by atoms with Crippen molar-refractivity contribution in [1.29, 1.82) is 0 Å². The topological polar surface area (TPSA) is 50.7 Å². The van der Waals surface area contributed by atoms with Crippen molar-refractivity contribution in [3.8, 4) is 17.2 Å². The Morgan fingerprint density at radius 2 is 2.00 bits per heavy atom. The summed E-state index contributed by atoms with van der Waals surface area (Å²) in [6.45, 7) is 1.35. The lowest BCUT2D eigenvalue weighted by molar-refractivity contribution is 0.338. The van der Waals surface area contributed by atoms with Gasteiger partial charge in [-0.2, -0.15) is 0 Å². The average Bonchev–Trinajstić information content (AvgIpc) is 3.05. The van der Waals surface area contributed by atoms with Crippen LogP contribution in [-0.2, 0) is 6.42 Å². The fraction of sp³-hybridized carbons (Fsp3) is 0.250. The van der Waals surface area contributed by atoms with E-state index in [0.717, 1.165) is 35.8 Å². The molecule has 0 aromatic heterocycles. The summed E-state index contributed by atoms with van der Waals surface area (Å²) in [4.78, 5) is 0. The highest BCUT2D eigenvalue weighted by atomic mass is 16.5. The van der Waals surface area contributed by atoms with Crippen molar-refractivity contribution in [2.45, 2.75) is 12.5 Å². The van der Waals surface area contributed by atoms with Crippen molar-refractivity contribution in [1.82, 2.24) is 0 Å². The van der Waals surface area contributed by atoms with Gasteiger partial charge in [-0.1, -0.05) is 0 Å². The van der Waals surface area contributed by atoms with E-state index >= 15 is 0 Å². The maximum atomic E-state index is 9.46. The lowest BCUT2D eigenvalue weighted by Gasteiger charge is -2.14. The summed E-state index contributed by atoms with van der Waals surface area (Å²) in [5.41, 5.74) is 3.41. The smallest absolute Gasteiger partial charge is 0.128 e. The zero-order valence-corrected chi connectivity index (χ0v) is 10.9. The number of hydrogen-bond acceptors (Lipinski definition) is 4. The maximum Gasteiger partial charge on any atom is 0.128 e. The van der Waals surface area contributed by atoms with Gasteiger partial charge in [-0.25, -0.2) is 0 Å². The fourth-order valence-electron chi connectivity index (χ4n) is 2.80. The van der Waals surface area contributed by atoms with Gasteiger partial charge in [0.2, 0.25) is 0 Å². The predicted molar refractivity (Wildman–Crippen MR) is 75.6 cm³/mol. The number of anilines is 1. The summed E-state index contributed by atoms with van der Waals surface area (Å²) in [5, 5.41) is 12.9. The Kier molecular flexibility index (Phi) is 2.49. The molecule has 0 amide bonds. The van der Waals surface area contributed by atoms with Crippen molar-refractivity contribution in [3.63, 3.8) is 0 Å². The predicted octanol–water partition coefficient (Wildman–Crippen LogP) is 2.87. The van der Waals surface area contributed by atoms with Crippen LogP contribution in [0.2, 0.25) is 0 Å². The quantitative estimate of drug-likeness (QED) is 0.880. The van der Waals surface area contributed by atoms with E-state index in [2.05, 4.69) is 11.4 Å². The molecule has 2 aliphatic heterocycles. The largest absolute Gasteiger partial charge is 0.508 e. The van der Waals surface area contributed by atoms with Crippen molar-refractivity contribution >= 4 is 5.69 Å². The highest BCUT2D eigenvalue weighted by Crippen LogP contribution is 2.37. The van der Waals surface area contributed by atoms with Crippen LogP contribution < -0.4 is 14.8 Å². The molecular formula is C16H15NO3. The Morgan fingerprint density at radius 3 is 2.95 bits per heavy atom. The molecule has 0 saturated heterocycles. The molecule has 1 unspecified atom stereocenters. The number of hydrogen-bond donors (Lipinski definition) is 2. The molecule has 0 saturated carbocycles. The minimum absolute atomic E-state index is 0.117. The van der Waals surface area contributed by atoms with Crippen LogP contribution in [0.4, 0.5) is 5.69 Å². The lowest BCUT2D eigenvalue weighted by atomic mass is 10.1. The summed E-state index contributed by atoms with van der Waals surface area (Å²) in [5.74, 6) is 1.98. The first-order valence-corrected chi connectivity index (χ1v) is 6.77. The first-order valence-electron chi connectivity index (χ1n) is 6.77. The second-order valence-corrected chi connectivity index (χ2v) is 5.15. The van der Waals surface area contributed by atoms with Gasteiger partial charge >= 0.3 is 0 Å². The van der Waals surface area contributed by atoms with Crippen LogP contribution in [-0.4, -0.2) is 18.3 Å². The molecule has 2 heterocycles. The Hall–Kier alpha value is -2.36. The third kappa shape index (κ3) is 1.84. The van der Waals surface area contributed by atoms with Crippen molar-refractivity contribution in [2.24, 2.45) is 0 Å². The van der Waals surface area contributed by atoms with Gasteiger partial charge in [-0.3, -0.25) is 0 Å². The van der Waals surface area contributed by atoms with Gasteiger partial charge in [0.15, 0.2) is 0 Å². The van der Waals surface area contributed by atoms with E-state index in [-0.39, 0.29) is 11.8 Å². The van der Waals surface area contributed by atoms with Crippen molar-refractivity contribution < 1.29 is 14.6 Å². The summed E-state index contributed by atoms with van der Waals surface area (Å²) < 4.78 is 11.1. The Balaban J connectivity index is 1.59. The summed E-state index contributed by atoms with van der Waals surface area (Å²) in [6, 6.07) is 11.6. The third-order valence-electron chi connectivity index (χ3n) is 3.81. The third-order valence-corrected chi connectivity index (χ3v) is 3.81. The molecule has 20 heavy (non-hydrogen) atoms. The van der Waals surface area contributed by atoms with E-state index in [1.54, 1.807) is 12.1 Å². The lowest BCUT2D eigenvalue weighted by Crippen LogP contribution is -2.11. The number of nitrogens with one attached hydrogen (secondary N) is 1. The van der Waals surface area contributed by atoms with Crippen LogP contribution in [0.25, 0.3) is 0 Å². The number of phenolic OH excluding ortho intramolecular Hbond substituents is 1. The van der Waals surface area contributed by atoms with E-state index < -0.39 is 0 Å². The zero-order chi connectivity index (χ0) is 13.5. The van der Waals surface area contributed by atoms with Crippen LogP contribution in [0.15, 0.2) is 36.4 Å². The van der Waals surface area contributed by atoms with Gasteiger partial charge in [-0.05, 0) is 35.9 Å². The highest BCUT2D eigenvalue weighted by Gasteiger charge is 2.24. The molecular weight excluding hydrogens is 254 g/mol. The number of aromatic hydroxyl groups is 1. The molecule has 2 N–H and O–H groups in total. The van der Waals surface area contributed by atoms with Crippen LogP contribution in [0.3, 0.4) is 0 Å². The van der Waals surface area contributed by atoms with Crippen LogP contribution in [0, 0.1) is 0 Å². The number of rotatable bonds is 2. The summed E-state index contributed by atoms with van der Waals surface area (Å²) in [6.07, 6.45) is 0.969. The molecule has 2 aromatic carbocycles. The molecule has 4 heteroatoms. The Morgan fingerprint density at radius 1 is 1.05 bits per heavy atom. The van der Waals surface area contributed by atoms with Crippen LogP contribution in [0.5, 0.6) is 17.2 Å². The standard InChI is InChI=1S/C16H15NO3/c18-12-2-3-13-14(9-20-16(13)8-12)17-11-1-4-15-10(7-11)5-6-19-15/h1-4,7-8,14,17-18H,5-6,9H2. The van der Waals surface area contributed by atoms with E-state index in [1.165, 1.54) is 5.56 Å². The minimum atomic E-state index is 0.117. The number of ether oxygens (including phenoxy) is 2.